The van der Waals surface area contributed by atoms with Crippen LogP contribution in [0, 0.1) is 0 Å². The van der Waals surface area contributed by atoms with Crippen LogP contribution in [0.5, 0.6) is 0 Å². The summed E-state index contributed by atoms with van der Waals surface area (Å²) in [5, 5.41) is 15.5. The zero-order chi connectivity index (χ0) is 26.3. The maximum absolute atomic E-state index is 12.8. The third-order valence-electron chi connectivity index (χ3n) is 5.83. The van der Waals surface area contributed by atoms with Crippen molar-refractivity contribution in [3.63, 3.8) is 0 Å². The number of sulfonamides is 1. The first-order valence-electron chi connectivity index (χ1n) is 11.0. The van der Waals surface area contributed by atoms with E-state index in [4.69, 9.17) is 22.5 Å². The molecule has 9 nitrogen and oxygen atoms in total. The van der Waals surface area contributed by atoms with Gasteiger partial charge in [-0.1, -0.05) is 35.9 Å². The van der Waals surface area contributed by atoms with E-state index in [1.165, 1.54) is 12.1 Å². The molecular weight excluding hydrogens is 514 g/mol. The molecule has 5 N–H and O–H groups in total. The number of fused-ring (bicyclic) bond motifs is 3. The smallest absolute Gasteiger partial charge is 0.255 e. The van der Waals surface area contributed by atoms with Crippen molar-refractivity contribution >= 4 is 60.8 Å². The summed E-state index contributed by atoms with van der Waals surface area (Å²) in [5.74, 6) is -0.866. The molecule has 2 amide bonds. The summed E-state index contributed by atoms with van der Waals surface area (Å²) in [4.78, 5) is 24.5. The van der Waals surface area contributed by atoms with Crippen LogP contribution in [0.1, 0.15) is 16.1 Å². The van der Waals surface area contributed by atoms with Crippen LogP contribution in [0.2, 0.25) is 5.02 Å². The lowest BCUT2D eigenvalue weighted by Gasteiger charge is -2.10. The van der Waals surface area contributed by atoms with E-state index < -0.39 is 15.9 Å². The standard InChI is InChI=1S/C26H20ClN5O4S/c27-17-3-1-2-16(12-17)26(34)30-18-6-4-15-5-11-21-23(14-24(28)33)31-32(25(21)22(15)13-18)19-7-9-20(10-8-19)37(29,35)36/h1-13H,14H2,(H2,28,33)(H,30,34)(H2,29,35,36). The highest BCUT2D eigenvalue weighted by atomic mass is 35.5. The summed E-state index contributed by atoms with van der Waals surface area (Å²) < 4.78 is 25.0. The zero-order valence-electron chi connectivity index (χ0n) is 19.2. The average Bonchev–Trinajstić information content (AvgIpc) is 3.21. The molecule has 4 aromatic carbocycles. The lowest BCUT2D eigenvalue weighted by atomic mass is 10.0. The number of rotatable bonds is 6. The number of nitrogens with zero attached hydrogens (tertiary/aromatic N) is 2. The van der Waals surface area contributed by atoms with Gasteiger partial charge in [0.1, 0.15) is 0 Å². The molecular formula is C26H20ClN5O4S. The summed E-state index contributed by atoms with van der Waals surface area (Å²) in [6.45, 7) is 0. The molecule has 0 unspecified atom stereocenters. The maximum atomic E-state index is 12.8. The Kier molecular flexibility index (Phi) is 6.16. The van der Waals surface area contributed by atoms with Gasteiger partial charge in [0.05, 0.1) is 28.2 Å². The predicted molar refractivity (Wildman–Crippen MR) is 142 cm³/mol. The number of carbonyl (C=O) groups excluding carboxylic acids is 2. The molecule has 0 saturated heterocycles. The van der Waals surface area contributed by atoms with Crippen LogP contribution in [0.4, 0.5) is 5.69 Å². The summed E-state index contributed by atoms with van der Waals surface area (Å²) in [6.07, 6.45) is -0.0878. The molecule has 0 aliphatic heterocycles. The Labute approximate surface area is 216 Å². The van der Waals surface area contributed by atoms with Crippen molar-refractivity contribution in [3.8, 4) is 5.69 Å². The van der Waals surface area contributed by atoms with Crippen molar-refractivity contribution in [2.75, 3.05) is 5.32 Å². The number of halogens is 1. The molecule has 0 aliphatic rings. The fourth-order valence-electron chi connectivity index (χ4n) is 4.16. The van der Waals surface area contributed by atoms with Gasteiger partial charge in [-0.05, 0) is 60.0 Å². The number of nitrogens with two attached hydrogens (primary N) is 2. The number of primary amides is 1. The van der Waals surface area contributed by atoms with Crippen molar-refractivity contribution in [2.24, 2.45) is 10.9 Å². The maximum Gasteiger partial charge on any atom is 0.255 e. The summed E-state index contributed by atoms with van der Waals surface area (Å²) >= 11 is 6.02. The SMILES string of the molecule is NC(=O)Cc1nn(-c2ccc(S(N)(=O)=O)cc2)c2c1ccc1ccc(NC(=O)c3cccc(Cl)c3)cc12. The number of benzene rings is 4. The van der Waals surface area contributed by atoms with E-state index in [9.17, 15) is 18.0 Å². The molecule has 5 aromatic rings. The first kappa shape index (κ1) is 24.4. The quantitative estimate of drug-likeness (QED) is 0.303. The van der Waals surface area contributed by atoms with Crippen molar-refractivity contribution in [2.45, 2.75) is 11.3 Å². The van der Waals surface area contributed by atoms with E-state index in [0.717, 1.165) is 10.8 Å². The molecule has 0 saturated carbocycles. The molecule has 0 atom stereocenters. The summed E-state index contributed by atoms with van der Waals surface area (Å²) in [7, 11) is -3.87. The third-order valence-corrected chi connectivity index (χ3v) is 7.00. The van der Waals surface area contributed by atoms with Crippen LogP contribution in [0.15, 0.2) is 83.8 Å². The van der Waals surface area contributed by atoms with Gasteiger partial charge in [-0.3, -0.25) is 9.59 Å². The van der Waals surface area contributed by atoms with Gasteiger partial charge >= 0.3 is 0 Å². The first-order valence-corrected chi connectivity index (χ1v) is 13.0. The monoisotopic (exact) mass is 533 g/mol. The second-order valence-corrected chi connectivity index (χ2v) is 10.4. The Morgan fingerprint density at radius 1 is 0.946 bits per heavy atom. The highest BCUT2D eigenvalue weighted by Gasteiger charge is 2.18. The van der Waals surface area contributed by atoms with Gasteiger partial charge in [-0.25, -0.2) is 18.2 Å². The molecule has 0 fully saturated rings. The van der Waals surface area contributed by atoms with Gasteiger partial charge in [0.15, 0.2) is 0 Å². The van der Waals surface area contributed by atoms with Crippen LogP contribution < -0.4 is 16.2 Å². The number of primary sulfonamides is 1. The highest BCUT2D eigenvalue weighted by Crippen LogP contribution is 2.32. The molecule has 11 heteroatoms. The third kappa shape index (κ3) is 4.90. The van der Waals surface area contributed by atoms with Crippen LogP contribution >= 0.6 is 11.6 Å². The van der Waals surface area contributed by atoms with Gasteiger partial charge < -0.3 is 11.1 Å². The zero-order valence-corrected chi connectivity index (χ0v) is 20.8. The normalized spacial score (nSPS) is 11.6. The topological polar surface area (TPSA) is 150 Å². The van der Waals surface area contributed by atoms with Gasteiger partial charge in [0, 0.05) is 27.0 Å². The number of hydrogen-bond acceptors (Lipinski definition) is 5. The fourth-order valence-corrected chi connectivity index (χ4v) is 4.87. The Morgan fingerprint density at radius 3 is 2.35 bits per heavy atom. The van der Waals surface area contributed by atoms with E-state index in [1.54, 1.807) is 47.1 Å². The summed E-state index contributed by atoms with van der Waals surface area (Å²) in [5.41, 5.74) is 8.09. The minimum atomic E-state index is -3.87. The minimum absolute atomic E-state index is 0.0408. The first-order chi connectivity index (χ1) is 17.6. The Morgan fingerprint density at radius 2 is 1.68 bits per heavy atom. The average molecular weight is 534 g/mol. The second-order valence-electron chi connectivity index (χ2n) is 8.40. The molecule has 0 bridgehead atoms. The van der Waals surface area contributed by atoms with Crippen LogP contribution in [0.25, 0.3) is 27.4 Å². The molecule has 1 aromatic heterocycles. The number of amides is 2. The second kappa shape index (κ2) is 9.32. The highest BCUT2D eigenvalue weighted by molar-refractivity contribution is 7.89. The van der Waals surface area contributed by atoms with Gasteiger partial charge in [0.2, 0.25) is 15.9 Å². The molecule has 37 heavy (non-hydrogen) atoms. The van der Waals surface area contributed by atoms with E-state index >= 15 is 0 Å². The number of hydrogen-bond donors (Lipinski definition) is 3. The Balaban J connectivity index is 1.67. The number of anilines is 1. The summed E-state index contributed by atoms with van der Waals surface area (Å²) in [6, 6.07) is 21.7. The van der Waals surface area contributed by atoms with Crippen LogP contribution in [-0.4, -0.2) is 30.0 Å². The molecule has 186 valence electrons. The van der Waals surface area contributed by atoms with Gasteiger partial charge in [-0.2, -0.15) is 5.10 Å². The van der Waals surface area contributed by atoms with Crippen molar-refractivity contribution in [1.29, 1.82) is 0 Å². The lowest BCUT2D eigenvalue weighted by Crippen LogP contribution is -2.14. The van der Waals surface area contributed by atoms with Gasteiger partial charge in [0.25, 0.3) is 5.91 Å². The molecule has 1 heterocycles. The van der Waals surface area contributed by atoms with E-state index in [-0.39, 0.29) is 17.2 Å². The lowest BCUT2D eigenvalue weighted by molar-refractivity contribution is -0.117. The van der Waals surface area contributed by atoms with Crippen molar-refractivity contribution in [3.05, 3.63) is 95.1 Å². The molecule has 0 aliphatic carbocycles. The Bertz CT molecular complexity index is 1810. The molecule has 5 rings (SSSR count). The van der Waals surface area contributed by atoms with E-state index in [0.29, 0.717) is 38.6 Å². The Hall–Kier alpha value is -4.25. The number of nitrogens with one attached hydrogen (secondary N) is 1. The van der Waals surface area contributed by atoms with Gasteiger partial charge in [-0.15, -0.1) is 0 Å². The minimum Gasteiger partial charge on any atom is -0.369 e. The fraction of sp³-hybridized carbons (Fsp3) is 0.0385. The largest absolute Gasteiger partial charge is 0.369 e. The number of carbonyl (C=O) groups is 2. The molecule has 0 spiro atoms. The van der Waals surface area contributed by atoms with Crippen molar-refractivity contribution < 1.29 is 18.0 Å². The van der Waals surface area contributed by atoms with E-state index in [2.05, 4.69) is 10.4 Å². The number of aromatic nitrogens is 2. The van der Waals surface area contributed by atoms with Crippen LogP contribution in [0.3, 0.4) is 0 Å². The van der Waals surface area contributed by atoms with Crippen LogP contribution in [-0.2, 0) is 21.2 Å². The molecule has 0 radical (unpaired) electrons. The van der Waals surface area contributed by atoms with Crippen molar-refractivity contribution in [1.82, 2.24) is 9.78 Å². The predicted octanol–water partition coefficient (Wildman–Crippen LogP) is 3.76. The van der Waals surface area contributed by atoms with E-state index in [1.807, 2.05) is 24.3 Å².